The summed E-state index contributed by atoms with van der Waals surface area (Å²) in [6.45, 7) is 2.93. The van der Waals surface area contributed by atoms with Crippen molar-refractivity contribution in [1.29, 1.82) is 0 Å². The second-order valence-electron chi connectivity index (χ2n) is 6.65. The van der Waals surface area contributed by atoms with E-state index in [0.717, 1.165) is 15.9 Å². The van der Waals surface area contributed by atoms with E-state index < -0.39 is 30.5 Å². The van der Waals surface area contributed by atoms with Gasteiger partial charge in [0.1, 0.15) is 10.6 Å². The topological polar surface area (TPSA) is 136 Å². The molecule has 11 heteroatoms. The third-order valence-corrected chi connectivity index (χ3v) is 6.31. The highest BCUT2D eigenvalue weighted by Gasteiger charge is 2.23. The maximum absolute atomic E-state index is 12.5. The van der Waals surface area contributed by atoms with Crippen molar-refractivity contribution in [2.75, 3.05) is 11.8 Å². The zero-order valence-electron chi connectivity index (χ0n) is 15.9. The van der Waals surface area contributed by atoms with Gasteiger partial charge < -0.3 is 9.84 Å². The van der Waals surface area contributed by atoms with Gasteiger partial charge in [-0.15, -0.1) is 0 Å². The molecule has 0 saturated heterocycles. The molecular weight excluding hydrogens is 484 g/mol. The summed E-state index contributed by atoms with van der Waals surface area (Å²) in [6.07, 6.45) is 1.31. The van der Waals surface area contributed by atoms with E-state index in [0.29, 0.717) is 11.3 Å². The van der Waals surface area contributed by atoms with Crippen LogP contribution in [0.4, 0.5) is 5.69 Å². The highest BCUT2D eigenvalue weighted by molar-refractivity contribution is 9.10. The Kier molecular flexibility index (Phi) is 6.80. The summed E-state index contributed by atoms with van der Waals surface area (Å²) in [5.41, 5.74) is -0.810. The van der Waals surface area contributed by atoms with Gasteiger partial charge in [0.2, 0.25) is 10.0 Å². The molecule has 0 amide bonds. The number of benzene rings is 2. The number of sulfonamides is 2. The van der Waals surface area contributed by atoms with Crippen molar-refractivity contribution in [3.05, 3.63) is 57.4 Å². The lowest BCUT2D eigenvalue weighted by Gasteiger charge is -2.20. The normalized spacial score (nSPS) is 12.9. The Hall–Kier alpha value is -1.92. The van der Waals surface area contributed by atoms with Gasteiger partial charge in [-0.05, 0) is 55.8 Å². The molecule has 0 fully saturated rings. The van der Waals surface area contributed by atoms with Gasteiger partial charge in [-0.3, -0.25) is 4.72 Å². The molecule has 2 aromatic rings. The van der Waals surface area contributed by atoms with Crippen LogP contribution in [-0.4, -0.2) is 29.1 Å². The van der Waals surface area contributed by atoms with Gasteiger partial charge >= 0.3 is 0 Å². The third-order valence-electron chi connectivity index (χ3n) is 3.87. The van der Waals surface area contributed by atoms with Crippen LogP contribution >= 0.6 is 15.9 Å². The first kappa shape index (κ1) is 23.4. The molecule has 0 heterocycles. The number of anilines is 1. The number of halogens is 1. The van der Waals surface area contributed by atoms with Crippen LogP contribution in [0.25, 0.3) is 6.08 Å². The monoisotopic (exact) mass is 504 g/mol. The van der Waals surface area contributed by atoms with Gasteiger partial charge in [-0.25, -0.2) is 22.0 Å². The van der Waals surface area contributed by atoms with Crippen molar-refractivity contribution in [3.8, 4) is 5.75 Å². The summed E-state index contributed by atoms with van der Waals surface area (Å²) in [6, 6.07) is 8.85. The summed E-state index contributed by atoms with van der Waals surface area (Å²) in [4.78, 5) is -0.450. The van der Waals surface area contributed by atoms with E-state index in [2.05, 4.69) is 20.7 Å². The molecule has 0 aromatic heterocycles. The van der Waals surface area contributed by atoms with Crippen molar-refractivity contribution < 1.29 is 26.7 Å². The van der Waals surface area contributed by atoms with E-state index >= 15 is 0 Å². The second kappa shape index (κ2) is 8.44. The van der Waals surface area contributed by atoms with Crippen LogP contribution in [0.15, 0.2) is 51.2 Å². The quantitative estimate of drug-likeness (QED) is 0.530. The predicted octanol–water partition coefficient (Wildman–Crippen LogP) is 2.75. The zero-order chi connectivity index (χ0) is 22.0. The standard InChI is InChI=1S/C18H21BrN2O6S2/c1-18(2,22)13-4-6-15(17(11-13)29(20,25)26)21-28(23,24)9-8-12-10-14(19)5-7-16(12)27-3/h4-11,21-22H,1-3H3,(H2,20,25,26)/b9-8+. The minimum absolute atomic E-state index is 0.230. The Bertz CT molecular complexity index is 1150. The zero-order valence-corrected chi connectivity index (χ0v) is 19.1. The average molecular weight is 505 g/mol. The Balaban J connectivity index is 2.44. The number of methoxy groups -OCH3 is 1. The Labute approximate surface area is 178 Å². The van der Waals surface area contributed by atoms with Gasteiger partial charge in [0.15, 0.2) is 0 Å². The van der Waals surface area contributed by atoms with Crippen LogP contribution in [0, 0.1) is 0 Å². The van der Waals surface area contributed by atoms with Crippen molar-refractivity contribution in [2.45, 2.75) is 24.3 Å². The van der Waals surface area contributed by atoms with E-state index in [1.54, 1.807) is 18.2 Å². The fourth-order valence-electron chi connectivity index (χ4n) is 2.41. The molecule has 2 rings (SSSR count). The molecule has 2 aromatic carbocycles. The number of hydrogen-bond acceptors (Lipinski definition) is 6. The summed E-state index contributed by atoms with van der Waals surface area (Å²) >= 11 is 3.30. The number of aliphatic hydroxyl groups is 1. The molecule has 0 bridgehead atoms. The van der Waals surface area contributed by atoms with Crippen molar-refractivity contribution in [1.82, 2.24) is 0 Å². The fraction of sp³-hybridized carbons (Fsp3) is 0.222. The molecule has 0 aliphatic rings. The molecular formula is C18H21BrN2O6S2. The number of hydrogen-bond donors (Lipinski definition) is 3. The van der Waals surface area contributed by atoms with E-state index in [-0.39, 0.29) is 11.3 Å². The van der Waals surface area contributed by atoms with E-state index in [4.69, 9.17) is 9.88 Å². The maximum atomic E-state index is 12.5. The van der Waals surface area contributed by atoms with Crippen LogP contribution in [-0.2, 0) is 25.6 Å². The lowest BCUT2D eigenvalue weighted by atomic mass is 9.98. The molecule has 0 atom stereocenters. The Morgan fingerprint density at radius 2 is 1.79 bits per heavy atom. The van der Waals surface area contributed by atoms with Crippen molar-refractivity contribution in [2.24, 2.45) is 5.14 Å². The van der Waals surface area contributed by atoms with E-state index in [1.807, 2.05) is 0 Å². The summed E-state index contributed by atoms with van der Waals surface area (Å²) in [5.74, 6) is 0.458. The minimum atomic E-state index is -4.26. The number of primary sulfonamides is 1. The van der Waals surface area contributed by atoms with Crippen LogP contribution in [0.2, 0.25) is 0 Å². The lowest BCUT2D eigenvalue weighted by Crippen LogP contribution is -2.21. The second-order valence-corrected chi connectivity index (χ2v) is 10.7. The van der Waals surface area contributed by atoms with Crippen LogP contribution in [0.3, 0.4) is 0 Å². The minimum Gasteiger partial charge on any atom is -0.496 e. The highest BCUT2D eigenvalue weighted by atomic mass is 79.9. The molecule has 0 unspecified atom stereocenters. The van der Waals surface area contributed by atoms with Gasteiger partial charge in [-0.2, -0.15) is 0 Å². The molecule has 29 heavy (non-hydrogen) atoms. The predicted molar refractivity (Wildman–Crippen MR) is 115 cm³/mol. The van der Waals surface area contributed by atoms with Crippen LogP contribution in [0.1, 0.15) is 25.0 Å². The fourth-order valence-corrected chi connectivity index (χ4v) is 4.45. The molecule has 0 aliphatic heterocycles. The molecule has 4 N–H and O–H groups in total. The summed E-state index contributed by atoms with van der Waals surface area (Å²) < 4.78 is 56.9. The van der Waals surface area contributed by atoms with Crippen molar-refractivity contribution in [3.63, 3.8) is 0 Å². The summed E-state index contributed by atoms with van der Waals surface area (Å²) in [7, 11) is -6.89. The van der Waals surface area contributed by atoms with E-state index in [9.17, 15) is 21.9 Å². The van der Waals surface area contributed by atoms with Gasteiger partial charge in [0.05, 0.1) is 23.8 Å². The number of nitrogens with one attached hydrogen (secondary N) is 1. The number of nitrogens with two attached hydrogens (primary N) is 1. The SMILES string of the molecule is COc1ccc(Br)cc1/C=C/S(=O)(=O)Nc1ccc(C(C)(C)O)cc1S(N)(=O)=O. The van der Waals surface area contributed by atoms with Gasteiger partial charge in [0, 0.05) is 10.0 Å². The van der Waals surface area contributed by atoms with Crippen LogP contribution < -0.4 is 14.6 Å². The molecule has 0 radical (unpaired) electrons. The molecule has 0 spiro atoms. The maximum Gasteiger partial charge on any atom is 0.255 e. The van der Waals surface area contributed by atoms with Gasteiger partial charge in [-0.1, -0.05) is 22.0 Å². The first-order valence-corrected chi connectivity index (χ1v) is 12.1. The molecule has 0 saturated carbocycles. The first-order valence-electron chi connectivity index (χ1n) is 8.17. The summed E-state index contributed by atoms with van der Waals surface area (Å²) in [5, 5.41) is 16.2. The van der Waals surface area contributed by atoms with Crippen LogP contribution in [0.5, 0.6) is 5.75 Å². The molecule has 0 aliphatic carbocycles. The van der Waals surface area contributed by atoms with Gasteiger partial charge in [0.25, 0.3) is 10.0 Å². The Morgan fingerprint density at radius 1 is 1.14 bits per heavy atom. The lowest BCUT2D eigenvalue weighted by molar-refractivity contribution is 0.0784. The Morgan fingerprint density at radius 3 is 2.34 bits per heavy atom. The number of ether oxygens (including phenoxy) is 1. The third kappa shape index (κ3) is 6.28. The smallest absolute Gasteiger partial charge is 0.255 e. The number of rotatable bonds is 7. The molecule has 8 nitrogen and oxygen atoms in total. The molecule has 158 valence electrons. The van der Waals surface area contributed by atoms with Crippen molar-refractivity contribution >= 4 is 47.7 Å². The highest BCUT2D eigenvalue weighted by Crippen LogP contribution is 2.29. The van der Waals surface area contributed by atoms with E-state index in [1.165, 1.54) is 39.2 Å². The first-order chi connectivity index (χ1) is 13.2. The largest absolute Gasteiger partial charge is 0.496 e. The average Bonchev–Trinajstić information content (AvgIpc) is 2.58.